The summed E-state index contributed by atoms with van der Waals surface area (Å²) in [5.74, 6) is 2.03. The average molecular weight is 203 g/mol. The number of nitrogens with one attached hydrogen (secondary N) is 1. The first-order valence-electron chi connectivity index (χ1n) is 4.94. The average Bonchev–Trinajstić information content (AvgIpc) is 2.02. The third kappa shape index (κ3) is 3.88. The molecule has 0 spiro atoms. The van der Waals surface area contributed by atoms with Crippen molar-refractivity contribution in [1.82, 2.24) is 5.32 Å². The zero-order valence-electron chi connectivity index (χ0n) is 8.93. The highest BCUT2D eigenvalue weighted by molar-refractivity contribution is 7.98. The smallest absolute Gasteiger partial charge is 0.0554 e. The van der Waals surface area contributed by atoms with Crippen LogP contribution in [0.15, 0.2) is 0 Å². The van der Waals surface area contributed by atoms with E-state index in [1.165, 1.54) is 5.75 Å². The molecule has 1 aliphatic rings. The van der Waals surface area contributed by atoms with Gasteiger partial charge in [0.2, 0.25) is 0 Å². The summed E-state index contributed by atoms with van der Waals surface area (Å²) in [4.78, 5) is 0. The molecule has 1 rings (SSSR count). The van der Waals surface area contributed by atoms with Crippen molar-refractivity contribution in [2.75, 3.05) is 38.3 Å². The summed E-state index contributed by atoms with van der Waals surface area (Å²) in [6.45, 7) is 8.67. The SMILES string of the molecule is CSCC(C)CNCC1(C)COC1. The van der Waals surface area contributed by atoms with Crippen molar-refractivity contribution >= 4 is 11.8 Å². The van der Waals surface area contributed by atoms with E-state index in [0.717, 1.165) is 32.2 Å². The number of hydrogen-bond acceptors (Lipinski definition) is 3. The first kappa shape index (κ1) is 11.3. The van der Waals surface area contributed by atoms with Gasteiger partial charge in [-0.2, -0.15) is 11.8 Å². The van der Waals surface area contributed by atoms with Crippen molar-refractivity contribution < 1.29 is 4.74 Å². The Morgan fingerprint density at radius 2 is 2.23 bits per heavy atom. The van der Waals surface area contributed by atoms with Gasteiger partial charge in [-0.3, -0.25) is 0 Å². The summed E-state index contributed by atoms with van der Waals surface area (Å²) in [7, 11) is 0. The van der Waals surface area contributed by atoms with Crippen LogP contribution in [0.3, 0.4) is 0 Å². The van der Waals surface area contributed by atoms with E-state index in [1.807, 2.05) is 11.8 Å². The lowest BCUT2D eigenvalue weighted by atomic mass is 9.88. The minimum absolute atomic E-state index is 0.416. The predicted octanol–water partition coefficient (Wildman–Crippen LogP) is 1.61. The molecule has 78 valence electrons. The standard InChI is InChI=1S/C10H21NOS/c1-9(5-13-3)4-11-6-10(2)7-12-8-10/h9,11H,4-8H2,1-3H3. The molecule has 2 nitrogen and oxygen atoms in total. The van der Waals surface area contributed by atoms with Crippen molar-refractivity contribution in [2.24, 2.45) is 11.3 Å². The third-order valence-electron chi connectivity index (χ3n) is 2.40. The highest BCUT2D eigenvalue weighted by Crippen LogP contribution is 2.25. The number of thioether (sulfide) groups is 1. The Morgan fingerprint density at radius 3 is 2.69 bits per heavy atom. The molecule has 1 aliphatic heterocycles. The molecule has 13 heavy (non-hydrogen) atoms. The number of hydrogen-bond donors (Lipinski definition) is 1. The predicted molar refractivity (Wildman–Crippen MR) is 59.3 cm³/mol. The van der Waals surface area contributed by atoms with Gasteiger partial charge in [0.15, 0.2) is 0 Å². The van der Waals surface area contributed by atoms with Gasteiger partial charge in [-0.25, -0.2) is 0 Å². The first-order valence-corrected chi connectivity index (χ1v) is 6.33. The van der Waals surface area contributed by atoms with E-state index in [1.54, 1.807) is 0 Å². The molecule has 0 saturated carbocycles. The molecule has 1 N–H and O–H groups in total. The van der Waals surface area contributed by atoms with Gasteiger partial charge < -0.3 is 10.1 Å². The Morgan fingerprint density at radius 1 is 1.54 bits per heavy atom. The Kier molecular flexibility index (Phi) is 4.56. The van der Waals surface area contributed by atoms with E-state index >= 15 is 0 Å². The largest absolute Gasteiger partial charge is 0.380 e. The van der Waals surface area contributed by atoms with E-state index in [4.69, 9.17) is 4.74 Å². The Bertz CT molecular complexity index is 148. The van der Waals surface area contributed by atoms with E-state index in [9.17, 15) is 0 Å². The first-order chi connectivity index (χ1) is 6.16. The topological polar surface area (TPSA) is 21.3 Å². The molecule has 0 aromatic carbocycles. The number of ether oxygens (including phenoxy) is 1. The molecule has 0 amide bonds. The van der Waals surface area contributed by atoms with Crippen LogP contribution >= 0.6 is 11.8 Å². The molecule has 0 aromatic heterocycles. The van der Waals surface area contributed by atoms with Crippen LogP contribution in [0.5, 0.6) is 0 Å². The summed E-state index contributed by atoms with van der Waals surface area (Å²) >= 11 is 1.92. The van der Waals surface area contributed by atoms with Gasteiger partial charge in [-0.05, 0) is 24.5 Å². The van der Waals surface area contributed by atoms with Crippen LogP contribution in [0.25, 0.3) is 0 Å². The molecule has 0 radical (unpaired) electrons. The van der Waals surface area contributed by atoms with Crippen LogP contribution in [0.4, 0.5) is 0 Å². The number of rotatable bonds is 6. The van der Waals surface area contributed by atoms with E-state index in [-0.39, 0.29) is 0 Å². The molecule has 3 heteroatoms. The highest BCUT2D eigenvalue weighted by Gasteiger charge is 2.32. The Balaban J connectivity index is 1.99. The quantitative estimate of drug-likeness (QED) is 0.709. The Labute approximate surface area is 85.8 Å². The van der Waals surface area contributed by atoms with Gasteiger partial charge >= 0.3 is 0 Å². The maximum Gasteiger partial charge on any atom is 0.0554 e. The van der Waals surface area contributed by atoms with Gasteiger partial charge in [0, 0.05) is 12.0 Å². The molecular formula is C10H21NOS. The van der Waals surface area contributed by atoms with Gasteiger partial charge in [0.05, 0.1) is 13.2 Å². The van der Waals surface area contributed by atoms with Crippen LogP contribution in [-0.4, -0.2) is 38.3 Å². The second kappa shape index (κ2) is 5.23. The van der Waals surface area contributed by atoms with Crippen LogP contribution in [0, 0.1) is 11.3 Å². The fraction of sp³-hybridized carbons (Fsp3) is 1.00. The zero-order valence-corrected chi connectivity index (χ0v) is 9.75. The van der Waals surface area contributed by atoms with Gasteiger partial charge in [-0.15, -0.1) is 0 Å². The summed E-state index contributed by atoms with van der Waals surface area (Å²) in [5, 5.41) is 3.52. The molecule has 1 atom stereocenters. The minimum Gasteiger partial charge on any atom is -0.380 e. The fourth-order valence-corrected chi connectivity index (χ4v) is 2.20. The molecule has 1 heterocycles. The van der Waals surface area contributed by atoms with Crippen LogP contribution < -0.4 is 5.32 Å². The summed E-state index contributed by atoms with van der Waals surface area (Å²) in [6, 6.07) is 0. The molecule has 1 fully saturated rings. The van der Waals surface area contributed by atoms with Crippen LogP contribution in [0.2, 0.25) is 0 Å². The molecule has 1 saturated heterocycles. The lowest BCUT2D eigenvalue weighted by Gasteiger charge is -2.38. The van der Waals surface area contributed by atoms with E-state index < -0.39 is 0 Å². The third-order valence-corrected chi connectivity index (χ3v) is 3.30. The van der Waals surface area contributed by atoms with E-state index in [2.05, 4.69) is 25.4 Å². The fourth-order valence-electron chi connectivity index (χ4n) is 1.52. The molecular weight excluding hydrogens is 182 g/mol. The normalized spacial score (nSPS) is 22.4. The van der Waals surface area contributed by atoms with Crippen molar-refractivity contribution in [1.29, 1.82) is 0 Å². The molecule has 0 aromatic rings. The molecule has 0 bridgehead atoms. The van der Waals surface area contributed by atoms with Crippen molar-refractivity contribution in [3.8, 4) is 0 Å². The van der Waals surface area contributed by atoms with Crippen molar-refractivity contribution in [2.45, 2.75) is 13.8 Å². The van der Waals surface area contributed by atoms with Crippen molar-refractivity contribution in [3.05, 3.63) is 0 Å². The lowest BCUT2D eigenvalue weighted by molar-refractivity contribution is -0.0991. The zero-order chi connectivity index (χ0) is 9.73. The molecule has 1 unspecified atom stereocenters. The maximum atomic E-state index is 5.20. The maximum absolute atomic E-state index is 5.20. The molecule has 0 aliphatic carbocycles. The second-order valence-electron chi connectivity index (χ2n) is 4.49. The lowest BCUT2D eigenvalue weighted by Crippen LogP contribution is -2.48. The van der Waals surface area contributed by atoms with Crippen LogP contribution in [0.1, 0.15) is 13.8 Å². The van der Waals surface area contributed by atoms with Crippen LogP contribution in [-0.2, 0) is 4.74 Å². The van der Waals surface area contributed by atoms with Crippen molar-refractivity contribution in [3.63, 3.8) is 0 Å². The Hall–Kier alpha value is 0.270. The van der Waals surface area contributed by atoms with Gasteiger partial charge in [0.1, 0.15) is 0 Å². The second-order valence-corrected chi connectivity index (χ2v) is 5.41. The summed E-state index contributed by atoms with van der Waals surface area (Å²) in [6.07, 6.45) is 2.16. The van der Waals surface area contributed by atoms with Gasteiger partial charge in [-0.1, -0.05) is 13.8 Å². The summed E-state index contributed by atoms with van der Waals surface area (Å²) in [5.41, 5.74) is 0.416. The van der Waals surface area contributed by atoms with Gasteiger partial charge in [0.25, 0.3) is 0 Å². The minimum atomic E-state index is 0.416. The van der Waals surface area contributed by atoms with E-state index in [0.29, 0.717) is 5.41 Å². The highest BCUT2D eigenvalue weighted by atomic mass is 32.2. The summed E-state index contributed by atoms with van der Waals surface area (Å²) < 4.78 is 5.20. The monoisotopic (exact) mass is 203 g/mol.